The minimum atomic E-state index is -0.585. The van der Waals surface area contributed by atoms with Crippen LogP contribution in [0.15, 0.2) is 59.3 Å². The van der Waals surface area contributed by atoms with E-state index in [1.807, 2.05) is 54.2 Å². The number of aliphatic hydroxyl groups is 1. The lowest BCUT2D eigenvalue weighted by molar-refractivity contribution is 0.0599. The third-order valence-corrected chi connectivity index (χ3v) is 7.20. The molecule has 0 radical (unpaired) electrons. The van der Waals surface area contributed by atoms with E-state index < -0.39 is 6.10 Å². The van der Waals surface area contributed by atoms with Gasteiger partial charge in [-0.05, 0) is 67.7 Å². The monoisotopic (exact) mass is 571 g/mol. The van der Waals surface area contributed by atoms with Crippen LogP contribution < -0.4 is 4.74 Å². The Morgan fingerprint density at radius 1 is 1.11 bits per heavy atom. The second-order valence-corrected chi connectivity index (χ2v) is 9.67. The van der Waals surface area contributed by atoms with Crippen LogP contribution in [-0.4, -0.2) is 51.9 Å². The average Bonchev–Trinajstić information content (AvgIpc) is 3.46. The maximum atomic E-state index is 10.6. The van der Waals surface area contributed by atoms with E-state index in [-0.39, 0.29) is 31.4 Å². The second-order valence-electron chi connectivity index (χ2n) is 8.85. The van der Waals surface area contributed by atoms with E-state index in [1.165, 1.54) is 5.56 Å². The number of β-amino-alcohol motifs (C(OH)–C–C–N with tert-alkyl or cyclic N) is 1. The molecule has 1 atom stereocenters. The number of halogens is 4. The van der Waals surface area contributed by atoms with Gasteiger partial charge >= 0.3 is 0 Å². The van der Waals surface area contributed by atoms with Crippen molar-refractivity contribution >= 4 is 59.0 Å². The van der Waals surface area contributed by atoms with Crippen molar-refractivity contribution in [3.63, 3.8) is 0 Å². The third-order valence-electron chi connectivity index (χ3n) is 6.47. The highest BCUT2D eigenvalue weighted by atomic mass is 35.5. The van der Waals surface area contributed by atoms with Crippen LogP contribution in [-0.2, 0) is 7.05 Å². The lowest BCUT2D eigenvalue weighted by Crippen LogP contribution is -2.40. The molecule has 1 saturated heterocycles. The molecule has 5 rings (SSSR count). The van der Waals surface area contributed by atoms with E-state index in [0.29, 0.717) is 34.0 Å². The first kappa shape index (κ1) is 28.6. The Balaban J connectivity index is 0.00000180. The maximum Gasteiger partial charge on any atom is 0.175 e. The molecular formula is C26H29Cl4N3O3. The Morgan fingerprint density at radius 3 is 2.58 bits per heavy atom. The fourth-order valence-corrected chi connectivity index (χ4v) is 4.93. The number of likely N-dealkylation sites (tertiary alicyclic amines) is 1. The number of imidazole rings is 1. The fourth-order valence-electron chi connectivity index (χ4n) is 4.63. The van der Waals surface area contributed by atoms with Crippen LogP contribution >= 0.6 is 48.0 Å². The number of hydrogen-bond donors (Lipinski definition) is 1. The highest BCUT2D eigenvalue weighted by Gasteiger charge is 2.23. The zero-order valence-corrected chi connectivity index (χ0v) is 22.9. The molecule has 0 unspecified atom stereocenters. The maximum absolute atomic E-state index is 10.6. The van der Waals surface area contributed by atoms with Gasteiger partial charge in [0.2, 0.25) is 0 Å². The van der Waals surface area contributed by atoms with Crippen molar-refractivity contribution in [3.8, 4) is 17.3 Å². The summed E-state index contributed by atoms with van der Waals surface area (Å²) in [6.45, 7) is 2.64. The Bertz CT molecular complexity index is 1280. The minimum absolute atomic E-state index is 0. The molecule has 2 aromatic carbocycles. The van der Waals surface area contributed by atoms with Gasteiger partial charge < -0.3 is 23.7 Å². The van der Waals surface area contributed by atoms with E-state index in [1.54, 1.807) is 6.20 Å². The normalized spacial score (nSPS) is 15.3. The Labute approximate surface area is 233 Å². The Kier molecular flexibility index (Phi) is 9.98. The summed E-state index contributed by atoms with van der Waals surface area (Å²) in [7, 11) is 1.93. The number of piperidine rings is 1. The highest BCUT2D eigenvalue weighted by molar-refractivity contribution is 6.42. The van der Waals surface area contributed by atoms with Gasteiger partial charge in [0.1, 0.15) is 24.0 Å². The Morgan fingerprint density at radius 2 is 1.89 bits per heavy atom. The van der Waals surface area contributed by atoms with Crippen LogP contribution in [0.2, 0.25) is 10.0 Å². The zero-order chi connectivity index (χ0) is 23.7. The number of nitrogens with zero attached hydrogens (tertiary/aromatic N) is 3. The minimum Gasteiger partial charge on any atom is -0.490 e. The number of fused-ring (bicyclic) bond motifs is 1. The standard InChI is InChI=1S/C26H27Cl2N3O3.2ClH/c1-30-12-9-29-26(30)25-14-20-23(3-2-4-24(20)34-25)33-16-19(32)15-31-10-7-17(8-11-31)18-5-6-21(27)22(28)13-18;;/h2-6,9,12-14,17,19,32H,7-8,10-11,15-16H2,1H3;2*1H/t19-;;/m0../s1. The summed E-state index contributed by atoms with van der Waals surface area (Å²) >= 11 is 12.2. The van der Waals surface area contributed by atoms with Gasteiger partial charge in [-0.2, -0.15) is 0 Å². The van der Waals surface area contributed by atoms with Gasteiger partial charge in [0.15, 0.2) is 11.6 Å². The van der Waals surface area contributed by atoms with Crippen LogP contribution in [0.3, 0.4) is 0 Å². The number of rotatable bonds is 7. The molecule has 0 spiro atoms. The SMILES string of the molecule is Cl.Cl.Cn1ccnc1-c1cc2c(OC[C@@H](O)CN3CCC(c4ccc(Cl)c(Cl)c4)CC3)cccc2o1. The van der Waals surface area contributed by atoms with E-state index >= 15 is 0 Å². The van der Waals surface area contributed by atoms with Crippen molar-refractivity contribution in [2.75, 3.05) is 26.2 Å². The lowest BCUT2D eigenvalue weighted by atomic mass is 9.89. The second kappa shape index (κ2) is 12.5. The molecule has 1 fully saturated rings. The fraction of sp³-hybridized carbons (Fsp3) is 0.346. The first-order chi connectivity index (χ1) is 16.5. The number of ether oxygens (including phenoxy) is 1. The number of aliphatic hydroxyl groups excluding tert-OH is 1. The molecule has 36 heavy (non-hydrogen) atoms. The molecule has 3 heterocycles. The van der Waals surface area contributed by atoms with Crippen LogP contribution in [0, 0.1) is 0 Å². The van der Waals surface area contributed by atoms with Crippen molar-refractivity contribution in [1.82, 2.24) is 14.5 Å². The molecule has 0 saturated carbocycles. The highest BCUT2D eigenvalue weighted by Crippen LogP contribution is 2.34. The van der Waals surface area contributed by atoms with Gasteiger partial charge in [-0.3, -0.25) is 0 Å². The van der Waals surface area contributed by atoms with Gasteiger partial charge in [-0.1, -0.05) is 35.3 Å². The summed E-state index contributed by atoms with van der Waals surface area (Å²) in [5.41, 5.74) is 1.96. The summed E-state index contributed by atoms with van der Waals surface area (Å²) in [6, 6.07) is 13.5. The quantitative estimate of drug-likeness (QED) is 0.270. The number of aromatic nitrogens is 2. The van der Waals surface area contributed by atoms with E-state index in [4.69, 9.17) is 32.4 Å². The smallest absolute Gasteiger partial charge is 0.175 e. The number of furan rings is 1. The summed E-state index contributed by atoms with van der Waals surface area (Å²) in [4.78, 5) is 6.64. The van der Waals surface area contributed by atoms with Crippen LogP contribution in [0.1, 0.15) is 24.3 Å². The van der Waals surface area contributed by atoms with Gasteiger partial charge in [-0.25, -0.2) is 4.98 Å². The van der Waals surface area contributed by atoms with Crippen molar-refractivity contribution in [3.05, 3.63) is 70.5 Å². The predicted molar refractivity (Wildman–Crippen MR) is 149 cm³/mol. The largest absolute Gasteiger partial charge is 0.490 e. The predicted octanol–water partition coefficient (Wildman–Crippen LogP) is 6.60. The number of aryl methyl sites for hydroxylation is 1. The van der Waals surface area contributed by atoms with Crippen molar-refractivity contribution in [2.45, 2.75) is 24.9 Å². The van der Waals surface area contributed by atoms with Gasteiger partial charge in [0.05, 0.1) is 15.4 Å². The molecule has 2 aromatic heterocycles. The van der Waals surface area contributed by atoms with Crippen molar-refractivity contribution < 1.29 is 14.3 Å². The third kappa shape index (κ3) is 6.31. The zero-order valence-electron chi connectivity index (χ0n) is 19.8. The summed E-state index contributed by atoms with van der Waals surface area (Å²) in [5.74, 6) is 2.60. The molecule has 10 heteroatoms. The molecule has 0 bridgehead atoms. The molecular weight excluding hydrogens is 544 g/mol. The molecule has 1 N–H and O–H groups in total. The van der Waals surface area contributed by atoms with Gasteiger partial charge in [0, 0.05) is 26.0 Å². The van der Waals surface area contributed by atoms with Crippen molar-refractivity contribution in [1.29, 1.82) is 0 Å². The molecule has 0 amide bonds. The average molecular weight is 573 g/mol. The molecule has 0 aliphatic carbocycles. The Hall–Kier alpha value is -1.93. The summed E-state index contributed by atoms with van der Waals surface area (Å²) in [6.07, 6.45) is 5.08. The van der Waals surface area contributed by atoms with E-state index in [2.05, 4.69) is 16.0 Å². The van der Waals surface area contributed by atoms with Crippen molar-refractivity contribution in [2.24, 2.45) is 7.05 Å². The molecule has 4 aromatic rings. The molecule has 1 aliphatic heterocycles. The molecule has 1 aliphatic rings. The summed E-state index contributed by atoms with van der Waals surface area (Å²) in [5, 5.41) is 12.7. The number of hydrogen-bond acceptors (Lipinski definition) is 5. The van der Waals surface area contributed by atoms with Crippen LogP contribution in [0.5, 0.6) is 5.75 Å². The lowest BCUT2D eigenvalue weighted by Gasteiger charge is -2.33. The molecule has 6 nitrogen and oxygen atoms in total. The van der Waals surface area contributed by atoms with E-state index in [9.17, 15) is 5.11 Å². The van der Waals surface area contributed by atoms with Gasteiger partial charge in [-0.15, -0.1) is 24.8 Å². The summed E-state index contributed by atoms with van der Waals surface area (Å²) < 4.78 is 13.9. The number of benzene rings is 2. The first-order valence-electron chi connectivity index (χ1n) is 11.5. The topological polar surface area (TPSA) is 63.7 Å². The van der Waals surface area contributed by atoms with E-state index in [0.717, 1.165) is 42.7 Å². The van der Waals surface area contributed by atoms with Crippen LogP contribution in [0.25, 0.3) is 22.6 Å². The van der Waals surface area contributed by atoms with Crippen LogP contribution in [0.4, 0.5) is 0 Å². The van der Waals surface area contributed by atoms with Gasteiger partial charge in [0.25, 0.3) is 0 Å². The molecule has 194 valence electrons. The first-order valence-corrected chi connectivity index (χ1v) is 12.2.